The lowest BCUT2D eigenvalue weighted by Gasteiger charge is -2.36. The van der Waals surface area contributed by atoms with Crippen LogP contribution in [0.25, 0.3) is 0 Å². The van der Waals surface area contributed by atoms with E-state index < -0.39 is 0 Å². The fourth-order valence-electron chi connectivity index (χ4n) is 2.90. The molecule has 1 aliphatic rings. The van der Waals surface area contributed by atoms with Crippen LogP contribution in [0.15, 0.2) is 29.1 Å². The number of anilines is 1. The number of nitrogens with one attached hydrogen (secondary N) is 1. The second-order valence-electron chi connectivity index (χ2n) is 6.08. The van der Waals surface area contributed by atoms with E-state index >= 15 is 0 Å². The Kier molecular flexibility index (Phi) is 5.25. The third kappa shape index (κ3) is 4.07. The first-order valence-corrected chi connectivity index (χ1v) is 8.91. The van der Waals surface area contributed by atoms with E-state index in [0.29, 0.717) is 6.54 Å². The Labute approximate surface area is 140 Å². The second kappa shape index (κ2) is 7.38. The van der Waals surface area contributed by atoms with Gasteiger partial charge in [-0.3, -0.25) is 0 Å². The lowest BCUT2D eigenvalue weighted by atomic mass is 10.0. The summed E-state index contributed by atoms with van der Waals surface area (Å²) in [6.07, 6.45) is 0. The Bertz CT molecular complexity index is 624. The number of nitrogens with zero attached hydrogens (tertiary/aromatic N) is 3. The third-order valence-electron chi connectivity index (χ3n) is 4.37. The van der Waals surface area contributed by atoms with E-state index in [0.717, 1.165) is 43.1 Å². The minimum absolute atomic E-state index is 0.0713. The molecule has 3 rings (SSSR count). The molecule has 6 heteroatoms. The van der Waals surface area contributed by atoms with Gasteiger partial charge in [-0.1, -0.05) is 0 Å². The molecule has 0 aliphatic carbocycles. The highest BCUT2D eigenvalue weighted by atomic mass is 32.1. The first kappa shape index (κ1) is 16.4. The van der Waals surface area contributed by atoms with Crippen molar-refractivity contribution in [1.82, 2.24) is 15.2 Å². The Morgan fingerprint density at radius 1 is 1.30 bits per heavy atom. The van der Waals surface area contributed by atoms with E-state index in [2.05, 4.69) is 34.1 Å². The molecule has 1 fully saturated rings. The van der Waals surface area contributed by atoms with Crippen molar-refractivity contribution in [3.05, 3.63) is 46.2 Å². The smallest absolute Gasteiger partial charge is 0.123 e. The van der Waals surface area contributed by atoms with E-state index in [1.165, 1.54) is 0 Å². The van der Waals surface area contributed by atoms with Gasteiger partial charge in [0, 0.05) is 49.8 Å². The number of hydrogen-bond donors (Lipinski definition) is 1. The van der Waals surface area contributed by atoms with Gasteiger partial charge in [-0.25, -0.2) is 9.37 Å². The van der Waals surface area contributed by atoms with Crippen molar-refractivity contribution in [3.63, 3.8) is 0 Å². The van der Waals surface area contributed by atoms with Crippen LogP contribution < -0.4 is 10.2 Å². The number of halogens is 1. The number of likely N-dealkylation sites (N-methyl/N-ethyl adjacent to an activating group) is 1. The summed E-state index contributed by atoms with van der Waals surface area (Å²) in [6, 6.07) is 5.20. The Hall–Kier alpha value is -1.50. The van der Waals surface area contributed by atoms with Crippen LogP contribution in [0.4, 0.5) is 10.1 Å². The summed E-state index contributed by atoms with van der Waals surface area (Å²) in [4.78, 5) is 8.97. The number of benzene rings is 1. The van der Waals surface area contributed by atoms with E-state index in [-0.39, 0.29) is 11.9 Å². The molecule has 0 spiro atoms. The quantitative estimate of drug-likeness (QED) is 0.911. The van der Waals surface area contributed by atoms with Crippen LogP contribution in [-0.2, 0) is 6.54 Å². The van der Waals surface area contributed by atoms with Gasteiger partial charge in [-0.15, -0.1) is 11.3 Å². The standard InChI is InChI=1S/C17H23FN4S/c1-13(19-10-15-11-23-12-20-15)16-9-14(18)3-4-17(16)22-7-5-21(2)6-8-22/h3-4,9,11-13,19H,5-8,10H2,1-2H3. The van der Waals surface area contributed by atoms with Crippen LogP contribution in [0.2, 0.25) is 0 Å². The van der Waals surface area contributed by atoms with Gasteiger partial charge in [0.1, 0.15) is 5.82 Å². The van der Waals surface area contributed by atoms with Gasteiger partial charge in [0.2, 0.25) is 0 Å². The SMILES string of the molecule is CC(NCc1cscn1)c1cc(F)ccc1N1CCN(C)CC1. The lowest BCUT2D eigenvalue weighted by Crippen LogP contribution is -2.45. The van der Waals surface area contributed by atoms with Crippen molar-refractivity contribution in [2.75, 3.05) is 38.1 Å². The van der Waals surface area contributed by atoms with Crippen LogP contribution in [0.3, 0.4) is 0 Å². The minimum Gasteiger partial charge on any atom is -0.369 e. The zero-order chi connectivity index (χ0) is 16.2. The summed E-state index contributed by atoms with van der Waals surface area (Å²) in [5.74, 6) is -0.180. The van der Waals surface area contributed by atoms with Gasteiger partial charge in [0.05, 0.1) is 11.2 Å². The second-order valence-corrected chi connectivity index (χ2v) is 6.79. The van der Waals surface area contributed by atoms with E-state index in [1.807, 2.05) is 17.0 Å². The number of thiazole rings is 1. The Morgan fingerprint density at radius 3 is 2.78 bits per heavy atom. The highest BCUT2D eigenvalue weighted by Crippen LogP contribution is 2.28. The van der Waals surface area contributed by atoms with Gasteiger partial charge < -0.3 is 15.1 Å². The summed E-state index contributed by atoms with van der Waals surface area (Å²) in [5, 5.41) is 5.49. The fourth-order valence-corrected chi connectivity index (χ4v) is 3.46. The van der Waals surface area contributed by atoms with Crippen molar-refractivity contribution in [1.29, 1.82) is 0 Å². The maximum absolute atomic E-state index is 13.8. The molecular formula is C17H23FN4S. The first-order chi connectivity index (χ1) is 11.1. The summed E-state index contributed by atoms with van der Waals surface area (Å²) in [7, 11) is 2.14. The Balaban J connectivity index is 1.75. The molecule has 23 heavy (non-hydrogen) atoms. The fraction of sp³-hybridized carbons (Fsp3) is 0.471. The molecule has 1 saturated heterocycles. The van der Waals surface area contributed by atoms with Gasteiger partial charge in [0.25, 0.3) is 0 Å². The normalized spacial score (nSPS) is 17.4. The number of aromatic nitrogens is 1. The molecule has 0 radical (unpaired) electrons. The molecule has 1 aliphatic heterocycles. The molecule has 0 amide bonds. The average molecular weight is 334 g/mol. The zero-order valence-electron chi connectivity index (χ0n) is 13.6. The molecule has 1 aromatic heterocycles. The number of hydrogen-bond acceptors (Lipinski definition) is 5. The molecule has 1 aromatic carbocycles. The van der Waals surface area contributed by atoms with Gasteiger partial charge >= 0.3 is 0 Å². The molecule has 1 N–H and O–H groups in total. The van der Waals surface area contributed by atoms with Crippen molar-refractivity contribution >= 4 is 17.0 Å². The van der Waals surface area contributed by atoms with Crippen molar-refractivity contribution in [3.8, 4) is 0 Å². The van der Waals surface area contributed by atoms with Crippen LogP contribution in [0, 0.1) is 5.82 Å². The molecule has 0 saturated carbocycles. The minimum atomic E-state index is -0.180. The highest BCUT2D eigenvalue weighted by Gasteiger charge is 2.20. The zero-order valence-corrected chi connectivity index (χ0v) is 14.4. The average Bonchev–Trinajstić information content (AvgIpc) is 3.07. The molecule has 1 unspecified atom stereocenters. The molecule has 4 nitrogen and oxygen atoms in total. The molecular weight excluding hydrogens is 311 g/mol. The largest absolute Gasteiger partial charge is 0.369 e. The van der Waals surface area contributed by atoms with E-state index in [1.54, 1.807) is 23.5 Å². The third-order valence-corrected chi connectivity index (χ3v) is 5.01. The van der Waals surface area contributed by atoms with Gasteiger partial charge in [0.15, 0.2) is 0 Å². The monoisotopic (exact) mass is 334 g/mol. The Morgan fingerprint density at radius 2 is 2.09 bits per heavy atom. The number of rotatable bonds is 5. The predicted octanol–water partition coefficient (Wildman–Crippen LogP) is 2.88. The van der Waals surface area contributed by atoms with Gasteiger partial charge in [-0.05, 0) is 37.7 Å². The maximum Gasteiger partial charge on any atom is 0.123 e. The summed E-state index contributed by atoms with van der Waals surface area (Å²) < 4.78 is 13.8. The van der Waals surface area contributed by atoms with Gasteiger partial charge in [-0.2, -0.15) is 0 Å². The molecule has 2 heterocycles. The first-order valence-electron chi connectivity index (χ1n) is 7.97. The topological polar surface area (TPSA) is 31.4 Å². The van der Waals surface area contributed by atoms with Crippen LogP contribution in [-0.4, -0.2) is 43.1 Å². The van der Waals surface area contributed by atoms with E-state index in [4.69, 9.17) is 0 Å². The lowest BCUT2D eigenvalue weighted by molar-refractivity contribution is 0.312. The highest BCUT2D eigenvalue weighted by molar-refractivity contribution is 7.07. The van der Waals surface area contributed by atoms with E-state index in [9.17, 15) is 4.39 Å². The molecule has 0 bridgehead atoms. The van der Waals surface area contributed by atoms with Crippen LogP contribution >= 0.6 is 11.3 Å². The predicted molar refractivity (Wildman–Crippen MR) is 93.5 cm³/mol. The molecule has 124 valence electrons. The van der Waals surface area contributed by atoms with Crippen LogP contribution in [0.5, 0.6) is 0 Å². The van der Waals surface area contributed by atoms with Crippen molar-refractivity contribution in [2.24, 2.45) is 0 Å². The summed E-state index contributed by atoms with van der Waals surface area (Å²) >= 11 is 1.59. The summed E-state index contributed by atoms with van der Waals surface area (Å²) in [5.41, 5.74) is 5.02. The van der Waals surface area contributed by atoms with Crippen molar-refractivity contribution < 1.29 is 4.39 Å². The summed E-state index contributed by atoms with van der Waals surface area (Å²) in [6.45, 7) is 6.82. The van der Waals surface area contributed by atoms with Crippen LogP contribution in [0.1, 0.15) is 24.2 Å². The van der Waals surface area contributed by atoms with Crippen molar-refractivity contribution in [2.45, 2.75) is 19.5 Å². The number of piperazine rings is 1. The molecule has 1 atom stereocenters. The molecule has 2 aromatic rings. The maximum atomic E-state index is 13.8.